The van der Waals surface area contributed by atoms with E-state index >= 15 is 0 Å². The lowest BCUT2D eigenvalue weighted by Gasteiger charge is -2.19. The van der Waals surface area contributed by atoms with Gasteiger partial charge in [-0.15, -0.1) is 0 Å². The van der Waals surface area contributed by atoms with Crippen molar-refractivity contribution in [1.29, 1.82) is 0 Å². The van der Waals surface area contributed by atoms with E-state index in [1.54, 1.807) is 0 Å². The molecule has 1 heterocycles. The smallest absolute Gasteiger partial charge is 0.321 e. The van der Waals surface area contributed by atoms with Crippen LogP contribution in [0.4, 0.5) is 16.2 Å². The maximum Gasteiger partial charge on any atom is 0.321 e. The first kappa shape index (κ1) is 16.3. The minimum absolute atomic E-state index is 0.0684. The molecule has 0 radical (unpaired) electrons. The summed E-state index contributed by atoms with van der Waals surface area (Å²) < 4.78 is 1.80. The number of hydrogen-bond acceptors (Lipinski definition) is 2. The van der Waals surface area contributed by atoms with E-state index in [-0.39, 0.29) is 12.1 Å². The molecule has 3 rings (SSSR count). The van der Waals surface area contributed by atoms with Gasteiger partial charge in [-0.1, -0.05) is 34.1 Å². The number of rotatable bonds is 3. The molecule has 2 aromatic rings. The molecule has 2 amide bonds. The number of amides is 2. The van der Waals surface area contributed by atoms with Crippen molar-refractivity contribution in [3.63, 3.8) is 0 Å². The standard InChI is InChI=1S/C17H17Br2N3O/c18-12-6-7-15(19)16(10-12)21-17(23)22-9-8-14(11-22)20-13-4-2-1-3-5-13/h1-7,10,14,20H,8-9,11H2,(H,21,23). The minimum atomic E-state index is -0.0684. The number of nitrogens with one attached hydrogen (secondary N) is 2. The highest BCUT2D eigenvalue weighted by Crippen LogP contribution is 2.27. The van der Waals surface area contributed by atoms with Crippen LogP contribution in [0, 0.1) is 0 Å². The summed E-state index contributed by atoms with van der Waals surface area (Å²) in [5.74, 6) is 0. The second-order valence-electron chi connectivity index (χ2n) is 5.50. The van der Waals surface area contributed by atoms with Crippen LogP contribution in [0.15, 0.2) is 57.5 Å². The molecule has 1 atom stereocenters. The summed E-state index contributed by atoms with van der Waals surface area (Å²) in [6.45, 7) is 1.45. The number of carbonyl (C=O) groups is 1. The fraction of sp³-hybridized carbons (Fsp3) is 0.235. The van der Waals surface area contributed by atoms with Crippen LogP contribution in [0.2, 0.25) is 0 Å². The molecule has 1 fully saturated rings. The van der Waals surface area contributed by atoms with Crippen molar-refractivity contribution >= 4 is 49.3 Å². The summed E-state index contributed by atoms with van der Waals surface area (Å²) in [7, 11) is 0. The Balaban J connectivity index is 1.58. The van der Waals surface area contributed by atoms with Crippen LogP contribution in [-0.4, -0.2) is 30.1 Å². The highest BCUT2D eigenvalue weighted by Gasteiger charge is 2.26. The second kappa shape index (κ2) is 7.36. The molecule has 120 valence electrons. The topological polar surface area (TPSA) is 44.4 Å². The SMILES string of the molecule is O=C(Nc1cc(Br)ccc1Br)N1CCC(Nc2ccccc2)C1. The third-order valence-corrected chi connectivity index (χ3v) is 4.97. The average Bonchev–Trinajstić information content (AvgIpc) is 3.00. The number of carbonyl (C=O) groups excluding carboxylic acids is 1. The Hall–Kier alpha value is -1.53. The summed E-state index contributed by atoms with van der Waals surface area (Å²) in [5.41, 5.74) is 1.86. The van der Waals surface area contributed by atoms with Crippen molar-refractivity contribution in [3.05, 3.63) is 57.5 Å². The largest absolute Gasteiger partial charge is 0.380 e. The van der Waals surface area contributed by atoms with Crippen molar-refractivity contribution in [2.24, 2.45) is 0 Å². The van der Waals surface area contributed by atoms with Gasteiger partial charge in [-0.2, -0.15) is 0 Å². The van der Waals surface area contributed by atoms with Crippen molar-refractivity contribution in [1.82, 2.24) is 4.90 Å². The molecule has 23 heavy (non-hydrogen) atoms. The lowest BCUT2D eigenvalue weighted by Crippen LogP contribution is -2.35. The third kappa shape index (κ3) is 4.26. The Morgan fingerprint density at radius 3 is 2.70 bits per heavy atom. The van der Waals surface area contributed by atoms with Crippen LogP contribution in [0.3, 0.4) is 0 Å². The third-order valence-electron chi connectivity index (χ3n) is 3.79. The van der Waals surface area contributed by atoms with Gasteiger partial charge in [0.05, 0.1) is 5.69 Å². The Morgan fingerprint density at radius 1 is 1.13 bits per heavy atom. The fourth-order valence-electron chi connectivity index (χ4n) is 2.62. The summed E-state index contributed by atoms with van der Waals surface area (Å²) in [5, 5.41) is 6.43. The molecule has 0 bridgehead atoms. The summed E-state index contributed by atoms with van der Waals surface area (Å²) in [4.78, 5) is 14.3. The van der Waals surface area contributed by atoms with E-state index in [0.29, 0.717) is 6.54 Å². The van der Waals surface area contributed by atoms with Crippen LogP contribution >= 0.6 is 31.9 Å². The maximum absolute atomic E-state index is 12.4. The van der Waals surface area contributed by atoms with Crippen molar-refractivity contribution < 1.29 is 4.79 Å². The predicted octanol–water partition coefficient (Wildman–Crippen LogP) is 4.93. The highest BCUT2D eigenvalue weighted by molar-refractivity contribution is 9.11. The minimum Gasteiger partial charge on any atom is -0.380 e. The molecule has 0 spiro atoms. The Labute approximate surface area is 152 Å². The van der Waals surface area contributed by atoms with Crippen LogP contribution in [0.5, 0.6) is 0 Å². The molecule has 1 aliphatic heterocycles. The van der Waals surface area contributed by atoms with Crippen LogP contribution in [-0.2, 0) is 0 Å². The molecule has 1 unspecified atom stereocenters. The van der Waals surface area contributed by atoms with Crippen molar-refractivity contribution in [2.45, 2.75) is 12.5 Å². The molecule has 0 saturated carbocycles. The van der Waals surface area contributed by atoms with E-state index in [9.17, 15) is 4.79 Å². The number of para-hydroxylation sites is 1. The lowest BCUT2D eigenvalue weighted by molar-refractivity contribution is 0.222. The molecule has 0 aromatic heterocycles. The zero-order chi connectivity index (χ0) is 16.2. The maximum atomic E-state index is 12.4. The Bertz CT molecular complexity index is 693. The molecule has 2 N–H and O–H groups in total. The van der Waals surface area contributed by atoms with E-state index in [2.05, 4.69) is 42.5 Å². The van der Waals surface area contributed by atoms with Gasteiger partial charge in [0, 0.05) is 33.8 Å². The van der Waals surface area contributed by atoms with Gasteiger partial charge in [-0.3, -0.25) is 0 Å². The van der Waals surface area contributed by atoms with Gasteiger partial charge in [0.25, 0.3) is 0 Å². The summed E-state index contributed by atoms with van der Waals surface area (Å²) >= 11 is 6.88. The van der Waals surface area contributed by atoms with Gasteiger partial charge in [-0.05, 0) is 52.7 Å². The lowest BCUT2D eigenvalue weighted by atomic mass is 10.2. The number of urea groups is 1. The van der Waals surface area contributed by atoms with E-state index in [1.807, 2.05) is 53.4 Å². The molecular weight excluding hydrogens is 422 g/mol. The first-order chi connectivity index (χ1) is 11.1. The first-order valence-corrected chi connectivity index (χ1v) is 9.03. The Kier molecular flexibility index (Phi) is 5.23. The molecule has 1 aliphatic rings. The van der Waals surface area contributed by atoms with Gasteiger partial charge in [0.1, 0.15) is 0 Å². The second-order valence-corrected chi connectivity index (χ2v) is 7.27. The molecule has 4 nitrogen and oxygen atoms in total. The van der Waals surface area contributed by atoms with Gasteiger partial charge in [0.15, 0.2) is 0 Å². The van der Waals surface area contributed by atoms with Crippen molar-refractivity contribution in [2.75, 3.05) is 23.7 Å². The zero-order valence-corrected chi connectivity index (χ0v) is 15.6. The average molecular weight is 439 g/mol. The number of anilines is 2. The van der Waals surface area contributed by atoms with Gasteiger partial charge in [0.2, 0.25) is 0 Å². The van der Waals surface area contributed by atoms with E-state index < -0.39 is 0 Å². The quantitative estimate of drug-likeness (QED) is 0.713. The number of halogens is 2. The monoisotopic (exact) mass is 437 g/mol. The summed E-state index contributed by atoms with van der Waals surface area (Å²) in [6, 6.07) is 16.0. The first-order valence-electron chi connectivity index (χ1n) is 7.44. The summed E-state index contributed by atoms with van der Waals surface area (Å²) in [6.07, 6.45) is 0.946. The van der Waals surface area contributed by atoms with Gasteiger partial charge >= 0.3 is 6.03 Å². The van der Waals surface area contributed by atoms with E-state index in [4.69, 9.17) is 0 Å². The normalized spacial score (nSPS) is 17.1. The molecule has 6 heteroatoms. The number of likely N-dealkylation sites (tertiary alicyclic amines) is 1. The van der Waals surface area contributed by atoms with Crippen LogP contribution < -0.4 is 10.6 Å². The number of benzene rings is 2. The van der Waals surface area contributed by atoms with Gasteiger partial charge in [-0.25, -0.2) is 4.79 Å². The zero-order valence-electron chi connectivity index (χ0n) is 12.4. The molecule has 1 saturated heterocycles. The van der Waals surface area contributed by atoms with E-state index in [1.165, 1.54) is 0 Å². The Morgan fingerprint density at radius 2 is 1.91 bits per heavy atom. The molecular formula is C17H17Br2N3O. The van der Waals surface area contributed by atoms with Gasteiger partial charge < -0.3 is 15.5 Å². The highest BCUT2D eigenvalue weighted by atomic mass is 79.9. The van der Waals surface area contributed by atoms with Crippen molar-refractivity contribution in [3.8, 4) is 0 Å². The van der Waals surface area contributed by atoms with E-state index in [0.717, 1.165) is 33.3 Å². The number of hydrogen-bond donors (Lipinski definition) is 2. The molecule has 0 aliphatic carbocycles. The predicted molar refractivity (Wildman–Crippen MR) is 101 cm³/mol. The fourth-order valence-corrected chi connectivity index (χ4v) is 3.33. The molecule has 2 aromatic carbocycles. The number of nitrogens with zero attached hydrogens (tertiary/aromatic N) is 1. The van der Waals surface area contributed by atoms with Crippen LogP contribution in [0.1, 0.15) is 6.42 Å². The van der Waals surface area contributed by atoms with Crippen LogP contribution in [0.25, 0.3) is 0 Å².